The number of nitrogens with one attached hydrogen (secondary N) is 1. The maximum atomic E-state index is 13.8. The Balaban J connectivity index is 2.35. The van der Waals surface area contributed by atoms with Crippen LogP contribution in [0.1, 0.15) is 70.4 Å². The van der Waals surface area contributed by atoms with Crippen molar-refractivity contribution in [3.8, 4) is 0 Å². The molecule has 1 aromatic rings. The minimum atomic E-state index is -0.140. The molecule has 0 bridgehead atoms. The standard InChI is InChI=1S/C27H41FN2/c1-8-11-24-16-23(17-27(24,9-2)10-3)25(20(5)21(6)30-18-29-7)15-22-12-13-26(28)19(4)14-22/h12-14,18,23-25H,5-6,8-11,15-17H2,1-4,7H3,(H,29,30)/t23?,24-,25?/m1/s1. The third-order valence-corrected chi connectivity index (χ3v) is 7.62. The summed E-state index contributed by atoms with van der Waals surface area (Å²) in [6.45, 7) is 17.6. The van der Waals surface area contributed by atoms with Gasteiger partial charge in [-0.25, -0.2) is 4.39 Å². The molecule has 1 saturated carbocycles. The predicted molar refractivity (Wildman–Crippen MR) is 128 cm³/mol. The molecule has 30 heavy (non-hydrogen) atoms. The molecule has 2 nitrogen and oxygen atoms in total. The first kappa shape index (κ1) is 24.4. The molecule has 2 rings (SSSR count). The van der Waals surface area contributed by atoms with Gasteiger partial charge in [-0.05, 0) is 72.1 Å². The van der Waals surface area contributed by atoms with Crippen LogP contribution in [0.2, 0.25) is 0 Å². The molecule has 0 saturated heterocycles. The third kappa shape index (κ3) is 5.42. The highest BCUT2D eigenvalue weighted by molar-refractivity contribution is 5.59. The third-order valence-electron chi connectivity index (χ3n) is 7.62. The van der Waals surface area contributed by atoms with Gasteiger partial charge in [0.2, 0.25) is 0 Å². The largest absolute Gasteiger partial charge is 0.347 e. The normalized spacial score (nSPS) is 21.7. The van der Waals surface area contributed by atoms with Gasteiger partial charge in [0.25, 0.3) is 0 Å². The van der Waals surface area contributed by atoms with Crippen LogP contribution < -0.4 is 5.32 Å². The second-order valence-corrected chi connectivity index (χ2v) is 9.18. The molecule has 0 heterocycles. The van der Waals surface area contributed by atoms with Crippen LogP contribution in [0.4, 0.5) is 4.39 Å². The van der Waals surface area contributed by atoms with Gasteiger partial charge in [-0.15, -0.1) is 0 Å². The molecule has 166 valence electrons. The number of benzene rings is 1. The molecule has 1 aromatic carbocycles. The van der Waals surface area contributed by atoms with E-state index >= 15 is 0 Å². The second kappa shape index (κ2) is 10.9. The highest BCUT2D eigenvalue weighted by Gasteiger charge is 2.46. The minimum absolute atomic E-state index is 0.140. The number of aryl methyl sites for hydroxylation is 1. The van der Waals surface area contributed by atoms with E-state index in [1.54, 1.807) is 19.5 Å². The molecule has 0 spiro atoms. The van der Waals surface area contributed by atoms with E-state index < -0.39 is 0 Å². The average Bonchev–Trinajstić information content (AvgIpc) is 3.11. The zero-order valence-corrected chi connectivity index (χ0v) is 19.7. The first-order chi connectivity index (χ1) is 14.3. The van der Waals surface area contributed by atoms with Crippen LogP contribution in [-0.2, 0) is 6.42 Å². The Hall–Kier alpha value is -1.90. The molecule has 1 aliphatic rings. The smallest absolute Gasteiger partial charge is 0.126 e. The summed E-state index contributed by atoms with van der Waals surface area (Å²) in [4.78, 5) is 4.03. The van der Waals surface area contributed by atoms with Gasteiger partial charge in [-0.1, -0.05) is 71.7 Å². The lowest BCUT2D eigenvalue weighted by atomic mass is 9.71. The van der Waals surface area contributed by atoms with Crippen LogP contribution >= 0.6 is 0 Å². The first-order valence-electron chi connectivity index (χ1n) is 11.6. The van der Waals surface area contributed by atoms with E-state index in [-0.39, 0.29) is 5.82 Å². The summed E-state index contributed by atoms with van der Waals surface area (Å²) in [7, 11) is 1.74. The quantitative estimate of drug-likeness (QED) is 0.231. The lowest BCUT2D eigenvalue weighted by molar-refractivity contribution is 0.167. The zero-order valence-electron chi connectivity index (χ0n) is 19.7. The molecular formula is C27H41FN2. The molecule has 0 aliphatic heterocycles. The van der Waals surface area contributed by atoms with Crippen LogP contribution in [0.15, 0.2) is 47.6 Å². The Morgan fingerprint density at radius 3 is 2.57 bits per heavy atom. The Morgan fingerprint density at radius 2 is 2.00 bits per heavy atom. The number of halogens is 1. The van der Waals surface area contributed by atoms with Gasteiger partial charge in [0.05, 0.1) is 6.34 Å². The summed E-state index contributed by atoms with van der Waals surface area (Å²) in [5, 5.41) is 3.18. The van der Waals surface area contributed by atoms with Gasteiger partial charge in [-0.3, -0.25) is 4.99 Å². The van der Waals surface area contributed by atoms with Gasteiger partial charge in [0.1, 0.15) is 5.82 Å². The van der Waals surface area contributed by atoms with Gasteiger partial charge < -0.3 is 5.32 Å². The van der Waals surface area contributed by atoms with Crippen molar-refractivity contribution in [2.75, 3.05) is 7.05 Å². The minimum Gasteiger partial charge on any atom is -0.347 e. The number of allylic oxidation sites excluding steroid dienone is 1. The number of aliphatic imine (C=N–C) groups is 1. The Kier molecular flexibility index (Phi) is 8.88. The average molecular weight is 413 g/mol. The molecule has 1 fully saturated rings. The molecule has 0 aromatic heterocycles. The lowest BCUT2D eigenvalue weighted by Gasteiger charge is -2.34. The van der Waals surface area contributed by atoms with E-state index in [9.17, 15) is 4.39 Å². The fourth-order valence-electron chi connectivity index (χ4n) is 5.70. The van der Waals surface area contributed by atoms with Crippen LogP contribution in [0.5, 0.6) is 0 Å². The van der Waals surface area contributed by atoms with E-state index in [1.807, 2.05) is 19.1 Å². The summed E-state index contributed by atoms with van der Waals surface area (Å²) in [5.41, 5.74) is 4.20. The van der Waals surface area contributed by atoms with Gasteiger partial charge in [-0.2, -0.15) is 0 Å². The van der Waals surface area contributed by atoms with Crippen LogP contribution in [0.25, 0.3) is 0 Å². The highest BCUT2D eigenvalue weighted by atomic mass is 19.1. The molecule has 0 radical (unpaired) electrons. The molecule has 3 atom stereocenters. The SMILES string of the molecule is C=C(NC=NC)C(=C)C(Cc1ccc(F)c(C)c1)C1C[C@@H](CCC)C(CC)(CC)C1. The molecule has 0 amide bonds. The number of nitrogens with zero attached hydrogens (tertiary/aromatic N) is 1. The number of hydrogen-bond acceptors (Lipinski definition) is 1. The fourth-order valence-corrected chi connectivity index (χ4v) is 5.70. The van der Waals surface area contributed by atoms with Crippen LogP contribution in [-0.4, -0.2) is 13.4 Å². The van der Waals surface area contributed by atoms with Crippen LogP contribution in [0.3, 0.4) is 0 Å². The van der Waals surface area contributed by atoms with Gasteiger partial charge in [0.15, 0.2) is 0 Å². The summed E-state index contributed by atoms with van der Waals surface area (Å²) in [6, 6.07) is 5.51. The van der Waals surface area contributed by atoms with Crippen LogP contribution in [0, 0.1) is 35.9 Å². The van der Waals surface area contributed by atoms with Crippen molar-refractivity contribution in [2.45, 2.75) is 72.6 Å². The summed E-state index contributed by atoms with van der Waals surface area (Å²) in [5.74, 6) is 1.49. The Labute approximate surface area is 183 Å². The van der Waals surface area contributed by atoms with Crippen molar-refractivity contribution in [1.29, 1.82) is 0 Å². The van der Waals surface area contributed by atoms with E-state index in [0.29, 0.717) is 22.8 Å². The highest BCUT2D eigenvalue weighted by Crippen LogP contribution is 2.56. The first-order valence-corrected chi connectivity index (χ1v) is 11.6. The van der Waals surface area contributed by atoms with E-state index in [4.69, 9.17) is 0 Å². The van der Waals surface area contributed by atoms with Gasteiger partial charge in [0, 0.05) is 12.7 Å². The Bertz CT molecular complexity index is 760. The molecule has 1 N–H and O–H groups in total. The van der Waals surface area contributed by atoms with E-state index in [2.05, 4.69) is 44.2 Å². The van der Waals surface area contributed by atoms with Crippen molar-refractivity contribution in [3.05, 3.63) is 59.6 Å². The zero-order chi connectivity index (χ0) is 22.3. The topological polar surface area (TPSA) is 24.4 Å². The summed E-state index contributed by atoms with van der Waals surface area (Å²) < 4.78 is 13.8. The van der Waals surface area contributed by atoms with E-state index in [1.165, 1.54) is 44.1 Å². The maximum Gasteiger partial charge on any atom is 0.126 e. The van der Waals surface area contributed by atoms with Crippen molar-refractivity contribution < 1.29 is 4.39 Å². The number of rotatable bonds is 11. The van der Waals surface area contributed by atoms with E-state index in [0.717, 1.165) is 23.6 Å². The predicted octanol–water partition coefficient (Wildman–Crippen LogP) is 7.24. The maximum absolute atomic E-state index is 13.8. The molecule has 3 heteroatoms. The molecule has 2 unspecified atom stereocenters. The molecule has 1 aliphatic carbocycles. The lowest BCUT2D eigenvalue weighted by Crippen LogP contribution is -2.25. The van der Waals surface area contributed by atoms with Crippen molar-refractivity contribution in [1.82, 2.24) is 5.32 Å². The van der Waals surface area contributed by atoms with Crippen molar-refractivity contribution in [2.24, 2.45) is 28.2 Å². The van der Waals surface area contributed by atoms with Crippen molar-refractivity contribution in [3.63, 3.8) is 0 Å². The molecular weight excluding hydrogens is 371 g/mol. The summed E-state index contributed by atoms with van der Waals surface area (Å²) >= 11 is 0. The Morgan fingerprint density at radius 1 is 1.30 bits per heavy atom. The van der Waals surface area contributed by atoms with Gasteiger partial charge >= 0.3 is 0 Å². The number of hydrogen-bond donors (Lipinski definition) is 1. The summed E-state index contributed by atoms with van der Waals surface area (Å²) in [6.07, 6.45) is 10.0. The second-order valence-electron chi connectivity index (χ2n) is 9.18. The fraction of sp³-hybridized carbons (Fsp3) is 0.593. The monoisotopic (exact) mass is 412 g/mol. The van der Waals surface area contributed by atoms with Crippen molar-refractivity contribution >= 4 is 6.34 Å².